The van der Waals surface area contributed by atoms with E-state index in [1.54, 1.807) is 0 Å². The molecule has 0 amide bonds. The molecule has 2 aliphatic rings. The molecule has 2 nitrogen and oxygen atoms in total. The fourth-order valence-electron chi connectivity index (χ4n) is 7.28. The first-order valence-corrected chi connectivity index (χ1v) is 17.7. The Bertz CT molecular complexity index is 1350. The summed E-state index contributed by atoms with van der Waals surface area (Å²) >= 11 is 0. The zero-order chi connectivity index (χ0) is 26.0. The van der Waals surface area contributed by atoms with Gasteiger partial charge in [0.2, 0.25) is 0 Å². The summed E-state index contributed by atoms with van der Waals surface area (Å²) in [5.74, 6) is 1.18. The van der Waals surface area contributed by atoms with Crippen molar-refractivity contribution in [1.82, 2.24) is 0 Å². The molecule has 4 heteroatoms. The monoisotopic (exact) mass is 538 g/mol. The molecule has 0 aliphatic heterocycles. The standard InChI is InChI=1S/C34H36O2P2/c35-37(29-16-5-1-6-17-29,30-18-7-2-8-19-30)26-33-28-15-13-14-27(24-28)25-34(33)38(36,31-20-9-3-10-21-31)32-22-11-4-12-23-32/h1-12,16-23,27-28,33-34H,13-15,24-26H2/t27?,28?,33-,34-/m0/s1. The number of rotatable bonds is 7. The second-order valence-corrected chi connectivity index (χ2v) is 17.1. The van der Waals surface area contributed by atoms with Gasteiger partial charge < -0.3 is 9.13 Å². The van der Waals surface area contributed by atoms with Gasteiger partial charge >= 0.3 is 0 Å². The Balaban J connectivity index is 1.52. The lowest BCUT2D eigenvalue weighted by atomic mass is 9.67. The second kappa shape index (κ2) is 10.8. The van der Waals surface area contributed by atoms with Crippen molar-refractivity contribution < 1.29 is 9.13 Å². The molecule has 4 aromatic carbocycles. The highest BCUT2D eigenvalue weighted by Crippen LogP contribution is 2.62. The Hall–Kier alpha value is -2.66. The molecule has 0 saturated heterocycles. The van der Waals surface area contributed by atoms with Crippen LogP contribution < -0.4 is 21.2 Å². The van der Waals surface area contributed by atoms with E-state index in [-0.39, 0.29) is 11.6 Å². The first kappa shape index (κ1) is 25.6. The number of fused-ring (bicyclic) bond motifs is 2. The zero-order valence-corrected chi connectivity index (χ0v) is 23.6. The summed E-state index contributed by atoms with van der Waals surface area (Å²) in [6, 6.07) is 40.4. The van der Waals surface area contributed by atoms with Gasteiger partial charge in [0.1, 0.15) is 14.3 Å². The predicted molar refractivity (Wildman–Crippen MR) is 162 cm³/mol. The van der Waals surface area contributed by atoms with Gasteiger partial charge in [0.15, 0.2) is 0 Å². The van der Waals surface area contributed by atoms with Gasteiger partial charge in [-0.1, -0.05) is 141 Å². The van der Waals surface area contributed by atoms with Crippen LogP contribution in [0.25, 0.3) is 0 Å². The Morgan fingerprint density at radius 3 is 1.47 bits per heavy atom. The van der Waals surface area contributed by atoms with Gasteiger partial charge in [-0.25, -0.2) is 0 Å². The molecule has 2 saturated carbocycles. The first-order chi connectivity index (χ1) is 18.6. The van der Waals surface area contributed by atoms with Crippen molar-refractivity contribution in [3.8, 4) is 0 Å². The average Bonchev–Trinajstić information content (AvgIpc) is 3.00. The molecule has 38 heavy (non-hydrogen) atoms. The minimum absolute atomic E-state index is 0.0166. The summed E-state index contributed by atoms with van der Waals surface area (Å²) in [6.07, 6.45) is 6.29. The van der Waals surface area contributed by atoms with Gasteiger partial charge in [0.25, 0.3) is 0 Å². The lowest BCUT2D eigenvalue weighted by molar-refractivity contribution is 0.138. The number of hydrogen-bond donors (Lipinski definition) is 0. The highest BCUT2D eigenvalue weighted by Gasteiger charge is 2.51. The lowest BCUT2D eigenvalue weighted by Crippen LogP contribution is -2.45. The Kier molecular flexibility index (Phi) is 7.31. The van der Waals surface area contributed by atoms with Crippen LogP contribution in [0.15, 0.2) is 121 Å². The molecule has 0 radical (unpaired) electrons. The van der Waals surface area contributed by atoms with E-state index in [0.29, 0.717) is 18.0 Å². The third kappa shape index (κ3) is 4.68. The molecule has 4 aromatic rings. The van der Waals surface area contributed by atoms with Crippen molar-refractivity contribution >= 4 is 35.5 Å². The molecule has 0 N–H and O–H groups in total. The van der Waals surface area contributed by atoms with E-state index in [9.17, 15) is 0 Å². The van der Waals surface area contributed by atoms with Gasteiger partial charge in [-0.2, -0.15) is 0 Å². The summed E-state index contributed by atoms with van der Waals surface area (Å²) in [6.45, 7) is 0. The van der Waals surface area contributed by atoms with Crippen LogP contribution in [0.3, 0.4) is 0 Å². The molecule has 194 valence electrons. The van der Waals surface area contributed by atoms with Crippen LogP contribution in [-0.2, 0) is 9.13 Å². The van der Waals surface area contributed by atoms with Crippen LogP contribution in [0.2, 0.25) is 0 Å². The maximum Gasteiger partial charge on any atom is 0.146 e. The molecule has 2 unspecified atom stereocenters. The van der Waals surface area contributed by atoms with Crippen molar-refractivity contribution in [3.05, 3.63) is 121 Å². The maximum absolute atomic E-state index is 15.7. The number of hydrogen-bond acceptors (Lipinski definition) is 2. The Labute approximate surface area is 227 Å². The maximum atomic E-state index is 15.7. The van der Waals surface area contributed by atoms with Gasteiger partial charge in [-0.05, 0) is 30.6 Å². The molecule has 4 atom stereocenters. The smallest absolute Gasteiger partial charge is 0.146 e. The van der Waals surface area contributed by atoms with Crippen LogP contribution in [0.4, 0.5) is 0 Å². The quantitative estimate of drug-likeness (QED) is 0.233. The van der Waals surface area contributed by atoms with Crippen molar-refractivity contribution in [2.45, 2.75) is 37.8 Å². The minimum atomic E-state index is -3.00. The van der Waals surface area contributed by atoms with Crippen molar-refractivity contribution in [3.63, 3.8) is 0 Å². The van der Waals surface area contributed by atoms with E-state index in [1.807, 2.05) is 97.1 Å². The SMILES string of the molecule is O=P(C[C@H]1C2CCCC(C2)C[C@@H]1P(=O)(c1ccccc1)c1ccccc1)(c1ccccc1)c1ccccc1. The summed E-state index contributed by atoms with van der Waals surface area (Å²) in [5, 5.41) is 3.71. The Morgan fingerprint density at radius 2 is 1.00 bits per heavy atom. The minimum Gasteiger partial charge on any atom is -0.314 e. The second-order valence-electron chi connectivity index (χ2n) is 11.2. The van der Waals surface area contributed by atoms with Crippen LogP contribution >= 0.6 is 14.3 Å². The third-order valence-electron chi connectivity index (χ3n) is 9.06. The molecule has 2 aliphatic carbocycles. The average molecular weight is 539 g/mol. The lowest BCUT2D eigenvalue weighted by Gasteiger charge is -2.49. The highest BCUT2D eigenvalue weighted by molar-refractivity contribution is 7.80. The topological polar surface area (TPSA) is 34.1 Å². The van der Waals surface area contributed by atoms with Gasteiger partial charge in [0.05, 0.1) is 0 Å². The molecule has 2 fully saturated rings. The normalized spacial score (nSPS) is 23.6. The molecule has 0 spiro atoms. The van der Waals surface area contributed by atoms with Crippen molar-refractivity contribution in [2.75, 3.05) is 6.16 Å². The number of benzene rings is 4. The van der Waals surface area contributed by atoms with Gasteiger partial charge in [-0.15, -0.1) is 0 Å². The van der Waals surface area contributed by atoms with Gasteiger partial charge in [0, 0.05) is 33.0 Å². The van der Waals surface area contributed by atoms with Crippen molar-refractivity contribution in [1.29, 1.82) is 0 Å². The molecule has 2 bridgehead atoms. The molecule has 6 rings (SSSR count). The Morgan fingerprint density at radius 1 is 0.553 bits per heavy atom. The van der Waals surface area contributed by atoms with Crippen molar-refractivity contribution in [2.24, 2.45) is 17.8 Å². The first-order valence-electron chi connectivity index (χ1n) is 14.0. The molecular weight excluding hydrogens is 502 g/mol. The van der Waals surface area contributed by atoms with E-state index in [1.165, 1.54) is 19.3 Å². The molecule has 0 aromatic heterocycles. The van der Waals surface area contributed by atoms with Crippen LogP contribution in [0, 0.1) is 17.8 Å². The highest BCUT2D eigenvalue weighted by atomic mass is 31.2. The van der Waals surface area contributed by atoms with E-state index in [0.717, 1.165) is 34.1 Å². The van der Waals surface area contributed by atoms with Crippen LogP contribution in [0.5, 0.6) is 0 Å². The molecule has 0 heterocycles. The van der Waals surface area contributed by atoms with Crippen LogP contribution in [0.1, 0.15) is 32.1 Å². The van der Waals surface area contributed by atoms with Crippen LogP contribution in [-0.4, -0.2) is 11.8 Å². The van der Waals surface area contributed by atoms with E-state index in [2.05, 4.69) is 24.3 Å². The van der Waals surface area contributed by atoms with E-state index in [4.69, 9.17) is 0 Å². The fraction of sp³-hybridized carbons (Fsp3) is 0.294. The van der Waals surface area contributed by atoms with E-state index < -0.39 is 14.3 Å². The molecular formula is C34H36O2P2. The summed E-state index contributed by atoms with van der Waals surface area (Å²) < 4.78 is 31.0. The zero-order valence-electron chi connectivity index (χ0n) is 21.8. The summed E-state index contributed by atoms with van der Waals surface area (Å²) in [7, 11) is -5.95. The summed E-state index contributed by atoms with van der Waals surface area (Å²) in [5.41, 5.74) is -0.0166. The third-order valence-corrected chi connectivity index (χ3v) is 15.9. The van der Waals surface area contributed by atoms with E-state index >= 15 is 9.13 Å². The summed E-state index contributed by atoms with van der Waals surface area (Å²) in [4.78, 5) is 0. The fourth-order valence-corrected chi connectivity index (χ4v) is 14.4. The predicted octanol–water partition coefficient (Wildman–Crippen LogP) is 7.21. The van der Waals surface area contributed by atoms with Gasteiger partial charge in [-0.3, -0.25) is 0 Å². The largest absolute Gasteiger partial charge is 0.314 e.